The van der Waals surface area contributed by atoms with E-state index in [1.165, 1.54) is 257 Å². The zero-order valence-corrected chi connectivity index (χ0v) is 51.5. The third-order valence-corrected chi connectivity index (χ3v) is 15.3. The molecule has 450 valence electrons. The van der Waals surface area contributed by atoms with Crippen LogP contribution in [0, 0.1) is 0 Å². The number of esters is 2. The molecule has 0 saturated carbocycles. The van der Waals surface area contributed by atoms with Gasteiger partial charge in [-0.25, -0.2) is 4.79 Å². The molecular formula is C67H130NO8+. The van der Waals surface area contributed by atoms with Crippen molar-refractivity contribution in [2.45, 2.75) is 354 Å². The minimum absolute atomic E-state index is 0.179. The molecule has 1 N–H and O–H groups in total. The van der Waals surface area contributed by atoms with Crippen LogP contribution in [0.5, 0.6) is 0 Å². The van der Waals surface area contributed by atoms with Crippen LogP contribution in [0.1, 0.15) is 341 Å². The molecular weight excluding hydrogens is 947 g/mol. The summed E-state index contributed by atoms with van der Waals surface area (Å²) >= 11 is 0. The Bertz CT molecular complexity index is 1250. The number of carboxylic acids is 1. The number of quaternary nitrogens is 1. The van der Waals surface area contributed by atoms with Crippen molar-refractivity contribution in [3.8, 4) is 0 Å². The quantitative estimate of drug-likeness (QED) is 0.0211. The molecule has 9 nitrogen and oxygen atoms in total. The van der Waals surface area contributed by atoms with Gasteiger partial charge in [-0.2, -0.15) is 0 Å². The SMILES string of the molecule is CCCCCCCCC/C=C\CCCCCCCC(=O)OC(COC(=O)CCCCCCCCCCCCCCCCCCCCCCCCCCCCCCCCCCCCC)COC(OCC[N+](C)(C)C)C(=O)O. The predicted octanol–water partition coefficient (Wildman–Crippen LogP) is 20.1. The summed E-state index contributed by atoms with van der Waals surface area (Å²) in [6, 6.07) is 0. The number of rotatable bonds is 63. The summed E-state index contributed by atoms with van der Waals surface area (Å²) in [4.78, 5) is 37.5. The van der Waals surface area contributed by atoms with Crippen molar-refractivity contribution in [1.82, 2.24) is 0 Å². The van der Waals surface area contributed by atoms with Crippen molar-refractivity contribution in [2.24, 2.45) is 0 Å². The van der Waals surface area contributed by atoms with Crippen LogP contribution in [0.15, 0.2) is 12.2 Å². The largest absolute Gasteiger partial charge is 0.477 e. The van der Waals surface area contributed by atoms with E-state index < -0.39 is 24.3 Å². The fourth-order valence-electron chi connectivity index (χ4n) is 10.1. The molecule has 0 aromatic heterocycles. The molecule has 2 atom stereocenters. The first kappa shape index (κ1) is 74.0. The molecule has 0 aliphatic rings. The molecule has 0 aliphatic carbocycles. The van der Waals surface area contributed by atoms with E-state index in [0.717, 1.165) is 51.4 Å². The van der Waals surface area contributed by atoms with Crippen molar-refractivity contribution < 1.29 is 42.9 Å². The van der Waals surface area contributed by atoms with Gasteiger partial charge in [0.25, 0.3) is 6.29 Å². The zero-order valence-electron chi connectivity index (χ0n) is 51.5. The third-order valence-electron chi connectivity index (χ3n) is 15.3. The first-order valence-electron chi connectivity index (χ1n) is 33.4. The first-order chi connectivity index (χ1) is 37.1. The lowest BCUT2D eigenvalue weighted by Gasteiger charge is -2.25. The molecule has 0 saturated heterocycles. The van der Waals surface area contributed by atoms with E-state index in [1.54, 1.807) is 0 Å². The van der Waals surface area contributed by atoms with E-state index in [4.69, 9.17) is 18.9 Å². The molecule has 2 unspecified atom stereocenters. The molecule has 0 radical (unpaired) electrons. The van der Waals surface area contributed by atoms with Crippen LogP contribution in [0.4, 0.5) is 0 Å². The van der Waals surface area contributed by atoms with Gasteiger partial charge in [-0.3, -0.25) is 9.59 Å². The van der Waals surface area contributed by atoms with Gasteiger partial charge in [0.15, 0.2) is 6.10 Å². The zero-order chi connectivity index (χ0) is 55.5. The number of carboxylic acid groups (broad SMARTS) is 1. The normalized spacial score (nSPS) is 12.7. The number of hydrogen-bond donors (Lipinski definition) is 1. The highest BCUT2D eigenvalue weighted by Crippen LogP contribution is 2.19. The van der Waals surface area contributed by atoms with Crippen LogP contribution in [-0.2, 0) is 33.3 Å². The highest BCUT2D eigenvalue weighted by molar-refractivity contribution is 5.71. The molecule has 0 heterocycles. The molecule has 0 aromatic carbocycles. The fraction of sp³-hybridized carbons (Fsp3) is 0.925. The van der Waals surface area contributed by atoms with Gasteiger partial charge in [-0.15, -0.1) is 0 Å². The van der Waals surface area contributed by atoms with Crippen molar-refractivity contribution in [1.29, 1.82) is 0 Å². The fourth-order valence-corrected chi connectivity index (χ4v) is 10.1. The molecule has 0 amide bonds. The van der Waals surface area contributed by atoms with Gasteiger partial charge in [0, 0.05) is 12.8 Å². The summed E-state index contributed by atoms with van der Waals surface area (Å²) in [7, 11) is 5.98. The summed E-state index contributed by atoms with van der Waals surface area (Å²) in [6.45, 7) is 4.93. The molecule has 0 aromatic rings. The predicted molar refractivity (Wildman–Crippen MR) is 323 cm³/mol. The van der Waals surface area contributed by atoms with Crippen molar-refractivity contribution in [3.63, 3.8) is 0 Å². The van der Waals surface area contributed by atoms with Crippen LogP contribution in [0.2, 0.25) is 0 Å². The highest BCUT2D eigenvalue weighted by atomic mass is 16.7. The van der Waals surface area contributed by atoms with Crippen LogP contribution in [-0.4, -0.2) is 87.4 Å². The Morgan fingerprint density at radius 3 is 0.974 bits per heavy atom. The highest BCUT2D eigenvalue weighted by Gasteiger charge is 2.25. The van der Waals surface area contributed by atoms with Gasteiger partial charge in [0.05, 0.1) is 34.4 Å². The molecule has 9 heteroatoms. The average Bonchev–Trinajstić information content (AvgIpc) is 3.39. The van der Waals surface area contributed by atoms with Gasteiger partial charge in [-0.05, 0) is 38.5 Å². The van der Waals surface area contributed by atoms with E-state index in [-0.39, 0.29) is 32.2 Å². The second-order valence-corrected chi connectivity index (χ2v) is 24.1. The van der Waals surface area contributed by atoms with Crippen molar-refractivity contribution in [2.75, 3.05) is 47.5 Å². The Kier molecular flexibility index (Phi) is 57.6. The number of unbranched alkanes of at least 4 members (excludes halogenated alkanes) is 46. The minimum Gasteiger partial charge on any atom is -0.477 e. The summed E-state index contributed by atoms with van der Waals surface area (Å²) in [5.74, 6) is -1.99. The molecule has 0 aliphatic heterocycles. The van der Waals surface area contributed by atoms with Crippen molar-refractivity contribution >= 4 is 17.9 Å². The lowest BCUT2D eigenvalue weighted by molar-refractivity contribution is -0.870. The summed E-state index contributed by atoms with van der Waals surface area (Å²) in [6.07, 6.45) is 67.7. The number of aliphatic carboxylic acids is 1. The maximum absolute atomic E-state index is 12.9. The van der Waals surface area contributed by atoms with Gasteiger partial charge < -0.3 is 28.5 Å². The van der Waals surface area contributed by atoms with Crippen LogP contribution < -0.4 is 0 Å². The number of allylic oxidation sites excluding steroid dienone is 2. The Morgan fingerprint density at radius 2 is 0.671 bits per heavy atom. The topological polar surface area (TPSA) is 108 Å². The van der Waals surface area contributed by atoms with E-state index in [0.29, 0.717) is 23.9 Å². The third kappa shape index (κ3) is 59.7. The van der Waals surface area contributed by atoms with Crippen LogP contribution in [0.25, 0.3) is 0 Å². The molecule has 76 heavy (non-hydrogen) atoms. The number of hydrogen-bond acceptors (Lipinski definition) is 7. The van der Waals surface area contributed by atoms with Crippen LogP contribution >= 0.6 is 0 Å². The molecule has 0 bridgehead atoms. The molecule has 0 fully saturated rings. The maximum Gasteiger partial charge on any atom is 0.361 e. The minimum atomic E-state index is -1.51. The number of likely N-dealkylation sites (N-methyl/N-ethyl adjacent to an activating group) is 1. The number of ether oxygens (including phenoxy) is 4. The second-order valence-electron chi connectivity index (χ2n) is 24.1. The van der Waals surface area contributed by atoms with E-state index in [1.807, 2.05) is 21.1 Å². The molecule has 0 rings (SSSR count). The lowest BCUT2D eigenvalue weighted by atomic mass is 10.0. The van der Waals surface area contributed by atoms with Crippen LogP contribution in [0.3, 0.4) is 0 Å². The summed E-state index contributed by atoms with van der Waals surface area (Å²) < 4.78 is 22.9. The number of carbonyl (C=O) groups is 3. The van der Waals surface area contributed by atoms with Gasteiger partial charge in [0.1, 0.15) is 13.2 Å². The smallest absolute Gasteiger partial charge is 0.361 e. The first-order valence-corrected chi connectivity index (χ1v) is 33.4. The van der Waals surface area contributed by atoms with Gasteiger partial charge >= 0.3 is 17.9 Å². The van der Waals surface area contributed by atoms with E-state index in [9.17, 15) is 19.5 Å². The maximum atomic E-state index is 12.9. The number of carbonyl (C=O) groups excluding carboxylic acids is 2. The van der Waals surface area contributed by atoms with Gasteiger partial charge in [-0.1, -0.05) is 302 Å². The monoisotopic (exact) mass is 1080 g/mol. The lowest BCUT2D eigenvalue weighted by Crippen LogP contribution is -2.40. The average molecular weight is 1080 g/mol. The number of nitrogens with zero attached hydrogens (tertiary/aromatic N) is 1. The summed E-state index contributed by atoms with van der Waals surface area (Å²) in [5, 5.41) is 9.71. The Hall–Kier alpha value is -1.97. The second kappa shape index (κ2) is 59.2. The van der Waals surface area contributed by atoms with E-state index in [2.05, 4.69) is 26.0 Å². The van der Waals surface area contributed by atoms with E-state index >= 15 is 0 Å². The summed E-state index contributed by atoms with van der Waals surface area (Å²) in [5.41, 5.74) is 0. The standard InChI is InChI=1S/C67H129NO8/c1-6-8-10-12-14-16-18-20-22-24-25-26-27-28-29-30-31-32-33-34-35-36-37-38-39-40-41-42-44-45-47-49-51-53-55-57-64(69)74-61-63(62-75-67(66(71)72)73-60-59-68(3,4)5)76-65(70)58-56-54-52-50-48-46-43-23-21-19-17-15-13-11-9-7-2/h23,43,63,67H,6-22,24-42,44-62H2,1-5H3/p+1/b43-23-. The van der Waals surface area contributed by atoms with Crippen molar-refractivity contribution in [3.05, 3.63) is 12.2 Å². The van der Waals surface area contributed by atoms with Gasteiger partial charge in [0.2, 0.25) is 0 Å². The molecule has 0 spiro atoms. The Morgan fingerprint density at radius 1 is 0.382 bits per heavy atom. The Balaban J connectivity index is 3.96. The Labute approximate surface area is 472 Å².